The van der Waals surface area contributed by atoms with E-state index in [-0.39, 0.29) is 11.7 Å². The zero-order valence-corrected chi connectivity index (χ0v) is 12.7. The van der Waals surface area contributed by atoms with E-state index in [0.29, 0.717) is 11.6 Å². The van der Waals surface area contributed by atoms with Crippen LogP contribution in [0.25, 0.3) is 0 Å². The van der Waals surface area contributed by atoms with E-state index in [1.807, 2.05) is 13.8 Å². The molecule has 1 aromatic heterocycles. The van der Waals surface area contributed by atoms with Crippen LogP contribution in [0.1, 0.15) is 20.3 Å². The maximum atomic E-state index is 11.7. The molecule has 0 fully saturated rings. The Morgan fingerprint density at radius 2 is 2.10 bits per heavy atom. The Labute approximate surface area is 121 Å². The minimum Gasteiger partial charge on any atom is -0.466 e. The smallest absolute Gasteiger partial charge is 0.347 e. The molecule has 0 aliphatic rings. The van der Waals surface area contributed by atoms with Crippen molar-refractivity contribution in [2.45, 2.75) is 31.5 Å². The number of thioether (sulfide) groups is 1. The van der Waals surface area contributed by atoms with Crippen molar-refractivity contribution in [3.8, 4) is 0 Å². The SMILES string of the molecule is COC(=O)[C@@H](CC(C)C)OC(=O)CSc1nnnn1C. The van der Waals surface area contributed by atoms with Gasteiger partial charge >= 0.3 is 11.9 Å². The first kappa shape index (κ1) is 16.4. The lowest BCUT2D eigenvalue weighted by Gasteiger charge is -2.17. The van der Waals surface area contributed by atoms with Crippen LogP contribution in [0.4, 0.5) is 0 Å². The molecule has 1 heterocycles. The number of esters is 2. The van der Waals surface area contributed by atoms with E-state index >= 15 is 0 Å². The van der Waals surface area contributed by atoms with Gasteiger partial charge in [0.1, 0.15) is 0 Å². The lowest BCUT2D eigenvalue weighted by atomic mass is 10.1. The van der Waals surface area contributed by atoms with Gasteiger partial charge in [0.25, 0.3) is 0 Å². The Bertz CT molecular complexity index is 463. The average Bonchev–Trinajstić information content (AvgIpc) is 2.79. The molecule has 8 nitrogen and oxygen atoms in total. The summed E-state index contributed by atoms with van der Waals surface area (Å²) in [6.45, 7) is 3.87. The topological polar surface area (TPSA) is 96.2 Å². The van der Waals surface area contributed by atoms with Gasteiger partial charge in [-0.1, -0.05) is 25.6 Å². The first-order valence-corrected chi connectivity index (χ1v) is 7.05. The molecule has 1 atom stereocenters. The van der Waals surface area contributed by atoms with E-state index in [4.69, 9.17) is 4.74 Å². The van der Waals surface area contributed by atoms with Gasteiger partial charge in [-0.05, 0) is 22.8 Å². The molecule has 0 amide bonds. The van der Waals surface area contributed by atoms with Crippen LogP contribution in [0.5, 0.6) is 0 Å². The third-order valence-corrected chi connectivity index (χ3v) is 3.31. The number of carbonyl (C=O) groups is 2. The Kier molecular flexibility index (Phi) is 6.43. The summed E-state index contributed by atoms with van der Waals surface area (Å²) >= 11 is 1.14. The molecule has 112 valence electrons. The minimum atomic E-state index is -0.870. The first-order valence-electron chi connectivity index (χ1n) is 6.06. The van der Waals surface area contributed by atoms with Crippen LogP contribution < -0.4 is 0 Å². The van der Waals surface area contributed by atoms with Gasteiger partial charge in [-0.25, -0.2) is 9.48 Å². The van der Waals surface area contributed by atoms with Gasteiger partial charge in [-0.3, -0.25) is 4.79 Å². The Morgan fingerprint density at radius 1 is 1.40 bits per heavy atom. The maximum Gasteiger partial charge on any atom is 0.347 e. The average molecular weight is 302 g/mol. The third kappa shape index (κ3) is 5.16. The summed E-state index contributed by atoms with van der Waals surface area (Å²) in [6, 6.07) is 0. The van der Waals surface area contributed by atoms with Gasteiger partial charge in [0.2, 0.25) is 5.16 Å². The summed E-state index contributed by atoms with van der Waals surface area (Å²) in [7, 11) is 2.94. The van der Waals surface area contributed by atoms with E-state index in [1.165, 1.54) is 11.8 Å². The van der Waals surface area contributed by atoms with Crippen LogP contribution >= 0.6 is 11.8 Å². The molecule has 0 aliphatic carbocycles. The highest BCUT2D eigenvalue weighted by atomic mass is 32.2. The molecule has 0 unspecified atom stereocenters. The zero-order chi connectivity index (χ0) is 15.1. The lowest BCUT2D eigenvalue weighted by Crippen LogP contribution is -2.30. The summed E-state index contributed by atoms with van der Waals surface area (Å²) in [5, 5.41) is 11.3. The van der Waals surface area contributed by atoms with E-state index in [2.05, 4.69) is 20.3 Å². The number of aryl methyl sites for hydroxylation is 1. The molecule has 0 aromatic carbocycles. The standard InChI is InChI=1S/C11H18N4O4S/c1-7(2)5-8(10(17)18-4)19-9(16)6-20-11-12-13-14-15(11)3/h7-8H,5-6H2,1-4H3/t8-/m1/s1. The number of rotatable bonds is 7. The van der Waals surface area contributed by atoms with E-state index in [0.717, 1.165) is 11.8 Å². The Morgan fingerprint density at radius 3 is 2.60 bits per heavy atom. The molecule has 0 aliphatic heterocycles. The second kappa shape index (κ2) is 7.83. The molecular weight excluding hydrogens is 284 g/mol. The molecule has 0 bridgehead atoms. The number of nitrogens with zero attached hydrogens (tertiary/aromatic N) is 4. The second-order valence-corrected chi connectivity index (χ2v) is 5.45. The predicted octanol–water partition coefficient (Wildman–Crippen LogP) is 0.433. The lowest BCUT2D eigenvalue weighted by molar-refractivity contribution is -0.165. The number of ether oxygens (including phenoxy) is 2. The molecule has 1 rings (SSSR count). The van der Waals surface area contributed by atoms with Gasteiger partial charge in [-0.15, -0.1) is 5.10 Å². The molecule has 20 heavy (non-hydrogen) atoms. The Balaban J connectivity index is 2.49. The third-order valence-electron chi connectivity index (χ3n) is 2.32. The number of tetrazole rings is 1. The van der Waals surface area contributed by atoms with Crippen LogP contribution in [-0.4, -0.2) is 51.1 Å². The molecule has 0 saturated carbocycles. The molecule has 1 aromatic rings. The number of carbonyl (C=O) groups excluding carboxylic acids is 2. The summed E-state index contributed by atoms with van der Waals surface area (Å²) in [5.74, 6) is -0.811. The number of aromatic nitrogens is 4. The fraction of sp³-hybridized carbons (Fsp3) is 0.727. The van der Waals surface area contributed by atoms with Crippen molar-refractivity contribution in [1.82, 2.24) is 20.2 Å². The molecule has 0 spiro atoms. The summed E-state index contributed by atoms with van der Waals surface area (Å²) in [6.07, 6.45) is -0.445. The Hall–Kier alpha value is -1.64. The van der Waals surface area contributed by atoms with Crippen molar-refractivity contribution in [1.29, 1.82) is 0 Å². The predicted molar refractivity (Wildman–Crippen MR) is 70.9 cm³/mol. The zero-order valence-electron chi connectivity index (χ0n) is 11.9. The van der Waals surface area contributed by atoms with Gasteiger partial charge in [0.15, 0.2) is 6.10 Å². The minimum absolute atomic E-state index is 0.0276. The molecule has 0 saturated heterocycles. The van der Waals surface area contributed by atoms with E-state index in [9.17, 15) is 9.59 Å². The molecule has 0 N–H and O–H groups in total. The highest BCUT2D eigenvalue weighted by Crippen LogP contribution is 2.15. The summed E-state index contributed by atoms with van der Waals surface area (Å²) < 4.78 is 11.2. The van der Waals surface area contributed by atoms with Crippen molar-refractivity contribution >= 4 is 23.7 Å². The largest absolute Gasteiger partial charge is 0.466 e. The van der Waals surface area contributed by atoms with E-state index < -0.39 is 18.0 Å². The summed E-state index contributed by atoms with van der Waals surface area (Å²) in [4.78, 5) is 23.3. The van der Waals surface area contributed by atoms with Crippen LogP contribution in [0.3, 0.4) is 0 Å². The van der Waals surface area contributed by atoms with Crippen molar-refractivity contribution in [2.24, 2.45) is 13.0 Å². The monoisotopic (exact) mass is 302 g/mol. The highest BCUT2D eigenvalue weighted by Gasteiger charge is 2.25. The fourth-order valence-electron chi connectivity index (χ4n) is 1.41. The normalized spacial score (nSPS) is 12.2. The van der Waals surface area contributed by atoms with Crippen molar-refractivity contribution in [3.63, 3.8) is 0 Å². The maximum absolute atomic E-state index is 11.7. The molecular formula is C11H18N4O4S. The first-order chi connectivity index (χ1) is 9.43. The second-order valence-electron chi connectivity index (χ2n) is 4.50. The summed E-state index contributed by atoms with van der Waals surface area (Å²) in [5.41, 5.74) is 0. The van der Waals surface area contributed by atoms with Crippen molar-refractivity contribution in [2.75, 3.05) is 12.9 Å². The van der Waals surface area contributed by atoms with Gasteiger partial charge in [0, 0.05) is 7.05 Å². The molecule has 9 heteroatoms. The quantitative estimate of drug-likeness (QED) is 0.528. The van der Waals surface area contributed by atoms with Gasteiger partial charge in [0.05, 0.1) is 12.9 Å². The van der Waals surface area contributed by atoms with Crippen LogP contribution in [0.2, 0.25) is 0 Å². The number of hydrogen-bond donors (Lipinski definition) is 0. The van der Waals surface area contributed by atoms with Crippen LogP contribution in [-0.2, 0) is 26.1 Å². The van der Waals surface area contributed by atoms with Crippen molar-refractivity contribution < 1.29 is 19.1 Å². The fourth-order valence-corrected chi connectivity index (χ4v) is 2.04. The highest BCUT2D eigenvalue weighted by molar-refractivity contribution is 7.99. The van der Waals surface area contributed by atoms with Gasteiger partial charge < -0.3 is 9.47 Å². The van der Waals surface area contributed by atoms with Crippen LogP contribution in [0.15, 0.2) is 5.16 Å². The number of methoxy groups -OCH3 is 1. The number of hydrogen-bond acceptors (Lipinski definition) is 8. The molecule has 0 radical (unpaired) electrons. The van der Waals surface area contributed by atoms with Gasteiger partial charge in [-0.2, -0.15) is 0 Å². The van der Waals surface area contributed by atoms with E-state index in [1.54, 1.807) is 7.05 Å². The van der Waals surface area contributed by atoms with Crippen LogP contribution in [0, 0.1) is 5.92 Å². The van der Waals surface area contributed by atoms with Crippen molar-refractivity contribution in [3.05, 3.63) is 0 Å².